The van der Waals surface area contributed by atoms with Gasteiger partial charge in [0.25, 0.3) is 0 Å². The number of nitrogens with one attached hydrogen (secondary N) is 2. The highest BCUT2D eigenvalue weighted by Gasteiger charge is 2.26. The first-order valence-electron chi connectivity index (χ1n) is 12.5. The number of aromatic nitrogens is 3. The van der Waals surface area contributed by atoms with Crippen LogP contribution in [0.2, 0.25) is 0 Å². The van der Waals surface area contributed by atoms with Crippen molar-refractivity contribution in [2.45, 2.75) is 54.0 Å². The van der Waals surface area contributed by atoms with Gasteiger partial charge in [-0.3, -0.25) is 4.79 Å². The van der Waals surface area contributed by atoms with Crippen LogP contribution in [0.4, 0.5) is 17.3 Å². The van der Waals surface area contributed by atoms with Crippen molar-refractivity contribution in [3.05, 3.63) is 72.0 Å². The van der Waals surface area contributed by atoms with Gasteiger partial charge in [-0.05, 0) is 64.6 Å². The normalized spacial score (nSPS) is 10.6. The molecule has 0 aliphatic heterocycles. The van der Waals surface area contributed by atoms with Crippen molar-refractivity contribution < 1.29 is 4.79 Å². The second-order valence-corrected chi connectivity index (χ2v) is 9.61. The first kappa shape index (κ1) is 31.7. The van der Waals surface area contributed by atoms with Crippen molar-refractivity contribution in [2.24, 2.45) is 5.73 Å². The Kier molecular flexibility index (Phi) is 13.4. The predicted octanol–water partition coefficient (Wildman–Crippen LogP) is 7.44. The molecule has 0 amide bonds. The Morgan fingerprint density at radius 2 is 1.76 bits per heavy atom. The van der Waals surface area contributed by atoms with E-state index in [0.29, 0.717) is 22.9 Å². The summed E-state index contributed by atoms with van der Waals surface area (Å²) in [5.41, 5.74) is 9.05. The maximum absolute atomic E-state index is 12.3. The van der Waals surface area contributed by atoms with Crippen LogP contribution < -0.4 is 15.8 Å². The van der Waals surface area contributed by atoms with Crippen LogP contribution in [0.1, 0.15) is 63.2 Å². The molecule has 8 heteroatoms. The molecule has 37 heavy (non-hydrogen) atoms. The first-order valence-corrected chi connectivity index (χ1v) is 13.5. The number of nitrogens with two attached hydrogens (primary N) is 1. The largest absolute Gasteiger partial charge is 0.333 e. The van der Waals surface area contributed by atoms with E-state index in [1.54, 1.807) is 18.0 Å². The SMILES string of the molecule is C=C/C=C\c1nc(Nc2c(C=O)c(-c3ccc(NSCC)cc3)nn2C(C)(C)C)ccc1C.CC.CN. The summed E-state index contributed by atoms with van der Waals surface area (Å²) in [6, 6.07) is 11.9. The van der Waals surface area contributed by atoms with Crippen molar-refractivity contribution in [1.82, 2.24) is 14.8 Å². The van der Waals surface area contributed by atoms with Crippen molar-refractivity contribution in [2.75, 3.05) is 22.8 Å². The summed E-state index contributed by atoms with van der Waals surface area (Å²) in [6.45, 7) is 18.0. The molecule has 0 saturated heterocycles. The lowest BCUT2D eigenvalue weighted by atomic mass is 10.1. The topological polar surface area (TPSA) is 97.9 Å². The molecule has 4 N–H and O–H groups in total. The second kappa shape index (κ2) is 15.7. The van der Waals surface area contributed by atoms with Gasteiger partial charge in [0.15, 0.2) is 6.29 Å². The molecule has 7 nitrogen and oxygen atoms in total. The minimum Gasteiger partial charge on any atom is -0.333 e. The second-order valence-electron chi connectivity index (χ2n) is 8.54. The lowest BCUT2D eigenvalue weighted by Gasteiger charge is -2.23. The van der Waals surface area contributed by atoms with Gasteiger partial charge < -0.3 is 15.8 Å². The van der Waals surface area contributed by atoms with E-state index in [2.05, 4.69) is 50.0 Å². The van der Waals surface area contributed by atoms with Gasteiger partial charge >= 0.3 is 0 Å². The van der Waals surface area contributed by atoms with Crippen molar-refractivity contribution in [1.29, 1.82) is 0 Å². The van der Waals surface area contributed by atoms with E-state index in [-0.39, 0.29) is 5.54 Å². The van der Waals surface area contributed by atoms with Crippen LogP contribution in [0.3, 0.4) is 0 Å². The number of carbonyl (C=O) groups excluding carboxylic acids is 1. The number of benzene rings is 1. The Morgan fingerprint density at radius 3 is 2.30 bits per heavy atom. The third-order valence-electron chi connectivity index (χ3n) is 4.94. The third kappa shape index (κ3) is 8.61. The molecule has 0 aliphatic carbocycles. The summed E-state index contributed by atoms with van der Waals surface area (Å²) in [5.74, 6) is 2.23. The molecule has 0 saturated carbocycles. The van der Waals surface area contributed by atoms with Gasteiger partial charge in [0.05, 0.1) is 16.8 Å². The maximum Gasteiger partial charge on any atom is 0.156 e. The monoisotopic (exact) mass is 522 g/mol. The summed E-state index contributed by atoms with van der Waals surface area (Å²) < 4.78 is 5.14. The number of pyridine rings is 1. The third-order valence-corrected chi connectivity index (χ3v) is 5.61. The van der Waals surface area contributed by atoms with E-state index in [4.69, 9.17) is 10.1 Å². The maximum atomic E-state index is 12.3. The van der Waals surface area contributed by atoms with Crippen molar-refractivity contribution in [3.63, 3.8) is 0 Å². The minimum absolute atomic E-state index is 0.353. The van der Waals surface area contributed by atoms with Gasteiger partial charge in [0.1, 0.15) is 17.3 Å². The van der Waals surface area contributed by atoms with Crippen molar-refractivity contribution in [3.8, 4) is 11.3 Å². The summed E-state index contributed by atoms with van der Waals surface area (Å²) in [5, 5.41) is 8.20. The average molecular weight is 523 g/mol. The summed E-state index contributed by atoms with van der Waals surface area (Å²) in [4.78, 5) is 17.0. The van der Waals surface area contributed by atoms with E-state index in [0.717, 1.165) is 34.5 Å². The van der Waals surface area contributed by atoms with Gasteiger partial charge in [-0.15, -0.1) is 0 Å². The number of nitrogens with zero attached hydrogens (tertiary/aromatic N) is 3. The molecule has 3 aromatic rings. The number of carbonyl (C=O) groups is 1. The number of aldehydes is 1. The molecule has 0 aliphatic rings. The van der Waals surface area contributed by atoms with Gasteiger partial charge in [-0.1, -0.05) is 69.6 Å². The standard InChI is InChI=1S/C26H31N5OS.C2H6.CH5N/c1-7-9-10-22-18(3)11-16-23(27-22)28-25-21(17-32)24(29-31(25)26(4,5)6)19-12-14-20(15-13-19)30-33-8-2;2*1-2/h7,9-17,30H,1,8H2,2-6H3,(H,27,28);1-2H3;2H2,1H3/b10-9-;;. The van der Waals surface area contributed by atoms with E-state index >= 15 is 0 Å². The Labute approximate surface area is 226 Å². The van der Waals surface area contributed by atoms with E-state index in [1.165, 1.54) is 7.05 Å². The smallest absolute Gasteiger partial charge is 0.156 e. The summed E-state index contributed by atoms with van der Waals surface area (Å²) in [6.07, 6.45) is 6.34. The Hall–Kier alpha value is -3.36. The van der Waals surface area contributed by atoms with Gasteiger partial charge in [0.2, 0.25) is 0 Å². The number of anilines is 3. The first-order chi connectivity index (χ1) is 17.8. The Balaban J connectivity index is 0.00000163. The fraction of sp³-hybridized carbons (Fsp3) is 0.345. The number of aryl methyl sites for hydroxylation is 1. The molecule has 2 heterocycles. The highest BCUT2D eigenvalue weighted by atomic mass is 32.2. The number of allylic oxidation sites excluding steroid dienone is 2. The molecule has 0 bridgehead atoms. The summed E-state index contributed by atoms with van der Waals surface area (Å²) in [7, 11) is 1.50. The molecular weight excluding hydrogens is 480 g/mol. The average Bonchev–Trinajstić information content (AvgIpc) is 3.29. The Morgan fingerprint density at radius 1 is 1.11 bits per heavy atom. The van der Waals surface area contributed by atoms with E-state index < -0.39 is 0 Å². The quantitative estimate of drug-likeness (QED) is 0.152. The molecule has 3 rings (SSSR count). The predicted molar refractivity (Wildman–Crippen MR) is 163 cm³/mol. The van der Waals surface area contributed by atoms with E-state index in [9.17, 15) is 4.79 Å². The molecule has 2 aromatic heterocycles. The molecule has 0 radical (unpaired) electrons. The highest BCUT2D eigenvalue weighted by Crippen LogP contribution is 2.34. The lowest BCUT2D eigenvalue weighted by Crippen LogP contribution is -2.25. The Bertz CT molecular complexity index is 1160. The van der Waals surface area contributed by atoms with Crippen LogP contribution in [-0.4, -0.2) is 33.9 Å². The molecule has 0 fully saturated rings. The van der Waals surface area contributed by atoms with Crippen LogP contribution >= 0.6 is 11.9 Å². The molecule has 1 aromatic carbocycles. The fourth-order valence-corrected chi connectivity index (χ4v) is 3.72. The molecule has 0 unspecified atom stereocenters. The van der Waals surface area contributed by atoms with Crippen LogP contribution in [0.25, 0.3) is 17.3 Å². The zero-order chi connectivity index (χ0) is 28.0. The number of rotatable bonds is 9. The highest BCUT2D eigenvalue weighted by molar-refractivity contribution is 8.00. The van der Waals surface area contributed by atoms with Crippen LogP contribution in [0.15, 0.2) is 55.1 Å². The van der Waals surface area contributed by atoms with Crippen LogP contribution in [0, 0.1) is 6.92 Å². The molecular formula is C29H42N6OS. The fourth-order valence-electron chi connectivity index (χ4n) is 3.28. The minimum atomic E-state index is -0.353. The van der Waals surface area contributed by atoms with Crippen LogP contribution in [-0.2, 0) is 5.54 Å². The van der Waals surface area contributed by atoms with Gasteiger partial charge in [-0.2, -0.15) is 5.10 Å². The zero-order valence-corrected chi connectivity index (χ0v) is 24.2. The van der Waals surface area contributed by atoms with Gasteiger partial charge in [-0.25, -0.2) is 9.67 Å². The number of hydrogen-bond acceptors (Lipinski definition) is 7. The van der Waals surface area contributed by atoms with Crippen LogP contribution in [0.5, 0.6) is 0 Å². The molecule has 0 atom stereocenters. The summed E-state index contributed by atoms with van der Waals surface area (Å²) >= 11 is 1.64. The van der Waals surface area contributed by atoms with Crippen molar-refractivity contribution >= 4 is 41.6 Å². The van der Waals surface area contributed by atoms with Gasteiger partial charge in [0, 0.05) is 17.0 Å². The van der Waals surface area contributed by atoms with E-state index in [1.807, 2.05) is 74.0 Å². The zero-order valence-electron chi connectivity index (χ0n) is 23.4. The molecule has 0 spiro atoms. The number of hydrogen-bond donors (Lipinski definition) is 3. The lowest BCUT2D eigenvalue weighted by molar-refractivity contribution is 0.112. The molecule has 200 valence electrons.